The maximum atomic E-state index is 12.4. The lowest BCUT2D eigenvalue weighted by Gasteiger charge is -2.04. The molecule has 1 aromatic carbocycles. The Morgan fingerprint density at radius 2 is 2.08 bits per heavy atom. The predicted octanol–water partition coefficient (Wildman–Crippen LogP) is 2.72. The van der Waals surface area contributed by atoms with Gasteiger partial charge in [-0.2, -0.15) is 10.2 Å². The van der Waals surface area contributed by atoms with E-state index in [0.717, 1.165) is 36.2 Å². The van der Waals surface area contributed by atoms with E-state index in [0.29, 0.717) is 11.5 Å². The molecule has 0 radical (unpaired) electrons. The van der Waals surface area contributed by atoms with E-state index in [9.17, 15) is 4.79 Å². The summed E-state index contributed by atoms with van der Waals surface area (Å²) in [5.74, 6) is 0.279. The minimum absolute atomic E-state index is 0.300. The van der Waals surface area contributed by atoms with Gasteiger partial charge in [0.05, 0.1) is 18.2 Å². The normalized spacial score (nSPS) is 13.3. The van der Waals surface area contributed by atoms with E-state index in [1.807, 2.05) is 35.0 Å². The molecule has 2 heterocycles. The molecule has 0 unspecified atom stereocenters. The van der Waals surface area contributed by atoms with Crippen LogP contribution in [0.1, 0.15) is 33.9 Å². The summed E-state index contributed by atoms with van der Waals surface area (Å²) in [4.78, 5) is 12.4. The van der Waals surface area contributed by atoms with Crippen molar-refractivity contribution in [3.05, 3.63) is 71.4 Å². The van der Waals surface area contributed by atoms with E-state index in [1.54, 1.807) is 18.4 Å². The zero-order chi connectivity index (χ0) is 16.4. The molecule has 120 valence electrons. The van der Waals surface area contributed by atoms with Crippen LogP contribution in [0.5, 0.6) is 0 Å². The summed E-state index contributed by atoms with van der Waals surface area (Å²) in [5, 5.41) is 8.46. The molecule has 0 atom stereocenters. The third-order valence-corrected chi connectivity index (χ3v) is 4.05. The minimum atomic E-state index is -0.300. The topological polar surface area (TPSA) is 72.4 Å². The van der Waals surface area contributed by atoms with Crippen LogP contribution in [0.4, 0.5) is 0 Å². The molecule has 1 amide bonds. The molecular weight excluding hydrogens is 304 g/mol. The number of furan rings is 1. The standard InChI is InChI=1S/C18H16N4O2/c23-18(20-19-12-14-8-5-11-24-14)17-15-9-4-10-16(15)22(21-17)13-6-2-1-3-7-13/h1-3,5-8,11-12H,4,9-10H2,(H,20,23)/b19-12+. The molecule has 24 heavy (non-hydrogen) atoms. The Labute approximate surface area is 138 Å². The summed E-state index contributed by atoms with van der Waals surface area (Å²) in [5.41, 5.74) is 6.07. The minimum Gasteiger partial charge on any atom is -0.463 e. The van der Waals surface area contributed by atoms with Crippen molar-refractivity contribution in [3.63, 3.8) is 0 Å². The number of hydrazone groups is 1. The molecule has 0 bridgehead atoms. The lowest BCUT2D eigenvalue weighted by molar-refractivity contribution is 0.0949. The van der Waals surface area contributed by atoms with Crippen LogP contribution >= 0.6 is 0 Å². The molecule has 0 spiro atoms. The lowest BCUT2D eigenvalue weighted by Crippen LogP contribution is -2.19. The summed E-state index contributed by atoms with van der Waals surface area (Å²) in [6.45, 7) is 0. The van der Waals surface area contributed by atoms with Crippen molar-refractivity contribution in [2.75, 3.05) is 0 Å². The fourth-order valence-corrected chi connectivity index (χ4v) is 2.97. The van der Waals surface area contributed by atoms with E-state index in [1.165, 1.54) is 6.21 Å². The van der Waals surface area contributed by atoms with Gasteiger partial charge in [-0.15, -0.1) is 0 Å². The van der Waals surface area contributed by atoms with Crippen LogP contribution in [-0.2, 0) is 12.8 Å². The van der Waals surface area contributed by atoms with Crippen LogP contribution in [0, 0.1) is 0 Å². The summed E-state index contributed by atoms with van der Waals surface area (Å²) in [6, 6.07) is 13.4. The van der Waals surface area contributed by atoms with Crippen LogP contribution in [-0.4, -0.2) is 21.9 Å². The SMILES string of the molecule is O=C(N/N=C/c1ccco1)c1nn(-c2ccccc2)c2c1CCC2. The number of rotatable bonds is 4. The highest BCUT2D eigenvalue weighted by Gasteiger charge is 2.26. The first-order valence-electron chi connectivity index (χ1n) is 7.86. The maximum absolute atomic E-state index is 12.4. The molecule has 0 fully saturated rings. The molecule has 1 aliphatic rings. The van der Waals surface area contributed by atoms with Gasteiger partial charge in [0.2, 0.25) is 0 Å². The molecule has 0 saturated carbocycles. The van der Waals surface area contributed by atoms with Crippen LogP contribution in [0.2, 0.25) is 0 Å². The summed E-state index contributed by atoms with van der Waals surface area (Å²) in [7, 11) is 0. The number of nitrogens with zero attached hydrogens (tertiary/aromatic N) is 3. The van der Waals surface area contributed by atoms with Gasteiger partial charge < -0.3 is 4.42 Å². The predicted molar refractivity (Wildman–Crippen MR) is 89.4 cm³/mol. The van der Waals surface area contributed by atoms with Crippen molar-refractivity contribution in [1.82, 2.24) is 15.2 Å². The molecular formula is C18H16N4O2. The van der Waals surface area contributed by atoms with Gasteiger partial charge in [0.1, 0.15) is 5.76 Å². The number of hydrogen-bond donors (Lipinski definition) is 1. The van der Waals surface area contributed by atoms with E-state index < -0.39 is 0 Å². The maximum Gasteiger partial charge on any atom is 0.292 e. The molecule has 2 aromatic heterocycles. The highest BCUT2D eigenvalue weighted by molar-refractivity contribution is 5.94. The van der Waals surface area contributed by atoms with Gasteiger partial charge in [0.25, 0.3) is 5.91 Å². The average molecular weight is 320 g/mol. The van der Waals surface area contributed by atoms with E-state index in [-0.39, 0.29) is 5.91 Å². The van der Waals surface area contributed by atoms with E-state index >= 15 is 0 Å². The quantitative estimate of drug-likeness (QED) is 0.593. The zero-order valence-corrected chi connectivity index (χ0v) is 13.0. The number of aromatic nitrogens is 2. The molecule has 6 heteroatoms. The number of amides is 1. The van der Waals surface area contributed by atoms with Crippen molar-refractivity contribution >= 4 is 12.1 Å². The number of benzene rings is 1. The highest BCUT2D eigenvalue weighted by atomic mass is 16.3. The van der Waals surface area contributed by atoms with Gasteiger partial charge in [-0.3, -0.25) is 4.79 Å². The average Bonchev–Trinajstić information content (AvgIpc) is 3.33. The zero-order valence-electron chi connectivity index (χ0n) is 13.0. The van der Waals surface area contributed by atoms with Crippen LogP contribution in [0.3, 0.4) is 0 Å². The Bertz CT molecular complexity index is 879. The fourth-order valence-electron chi connectivity index (χ4n) is 2.97. The van der Waals surface area contributed by atoms with Crippen molar-refractivity contribution in [2.45, 2.75) is 19.3 Å². The Balaban J connectivity index is 1.60. The Morgan fingerprint density at radius 3 is 2.88 bits per heavy atom. The largest absolute Gasteiger partial charge is 0.463 e. The van der Waals surface area contributed by atoms with Crippen molar-refractivity contribution < 1.29 is 9.21 Å². The lowest BCUT2D eigenvalue weighted by atomic mass is 10.2. The van der Waals surface area contributed by atoms with Gasteiger partial charge >= 0.3 is 0 Å². The smallest absolute Gasteiger partial charge is 0.292 e. The Kier molecular flexibility index (Phi) is 3.70. The Hall–Kier alpha value is -3.15. The number of nitrogens with one attached hydrogen (secondary N) is 1. The van der Waals surface area contributed by atoms with E-state index in [2.05, 4.69) is 15.6 Å². The number of para-hydroxylation sites is 1. The Morgan fingerprint density at radius 1 is 1.21 bits per heavy atom. The summed E-state index contributed by atoms with van der Waals surface area (Å²) < 4.78 is 7.01. The monoisotopic (exact) mass is 320 g/mol. The van der Waals surface area contributed by atoms with Crippen molar-refractivity contribution in [1.29, 1.82) is 0 Å². The van der Waals surface area contributed by atoms with Gasteiger partial charge in [0.15, 0.2) is 5.69 Å². The fraction of sp³-hybridized carbons (Fsp3) is 0.167. The number of hydrogen-bond acceptors (Lipinski definition) is 4. The number of fused-ring (bicyclic) bond motifs is 1. The second-order valence-electron chi connectivity index (χ2n) is 5.59. The van der Waals surface area contributed by atoms with Gasteiger partial charge in [0, 0.05) is 11.3 Å². The third-order valence-electron chi connectivity index (χ3n) is 4.05. The van der Waals surface area contributed by atoms with Crippen molar-refractivity contribution in [2.24, 2.45) is 5.10 Å². The molecule has 3 aromatic rings. The van der Waals surface area contributed by atoms with Gasteiger partial charge in [-0.1, -0.05) is 18.2 Å². The van der Waals surface area contributed by atoms with E-state index in [4.69, 9.17) is 4.42 Å². The van der Waals surface area contributed by atoms with Crippen LogP contribution < -0.4 is 5.43 Å². The first kappa shape index (κ1) is 14.4. The van der Waals surface area contributed by atoms with Crippen LogP contribution in [0.25, 0.3) is 5.69 Å². The van der Waals surface area contributed by atoms with Crippen LogP contribution in [0.15, 0.2) is 58.2 Å². The second-order valence-corrected chi connectivity index (χ2v) is 5.59. The molecule has 6 nitrogen and oxygen atoms in total. The first-order valence-corrected chi connectivity index (χ1v) is 7.86. The summed E-state index contributed by atoms with van der Waals surface area (Å²) >= 11 is 0. The molecule has 1 N–H and O–H groups in total. The number of carbonyl (C=O) groups is 1. The third kappa shape index (κ3) is 2.62. The molecule has 0 saturated heterocycles. The molecule has 0 aliphatic heterocycles. The molecule has 4 rings (SSSR count). The van der Waals surface area contributed by atoms with Crippen molar-refractivity contribution in [3.8, 4) is 5.69 Å². The second kappa shape index (κ2) is 6.16. The van der Waals surface area contributed by atoms with Gasteiger partial charge in [-0.05, 0) is 43.5 Å². The molecule has 1 aliphatic carbocycles. The summed E-state index contributed by atoms with van der Waals surface area (Å²) in [6.07, 6.45) is 5.85. The first-order chi connectivity index (χ1) is 11.8. The van der Waals surface area contributed by atoms with Gasteiger partial charge in [-0.25, -0.2) is 10.1 Å². The highest BCUT2D eigenvalue weighted by Crippen LogP contribution is 2.27. The number of carbonyl (C=O) groups excluding carboxylic acids is 1.